The zero-order valence-corrected chi connectivity index (χ0v) is 13.1. The highest BCUT2D eigenvalue weighted by molar-refractivity contribution is 5.81. The highest BCUT2D eigenvalue weighted by Crippen LogP contribution is 2.32. The van der Waals surface area contributed by atoms with Crippen LogP contribution < -0.4 is 5.32 Å². The number of rotatable bonds is 6. The lowest BCUT2D eigenvalue weighted by molar-refractivity contribution is -0.135. The Morgan fingerprint density at radius 2 is 2.05 bits per heavy atom. The second-order valence-electron chi connectivity index (χ2n) is 6.61. The summed E-state index contributed by atoms with van der Waals surface area (Å²) in [4.78, 5) is 17.2. The number of piperidine rings is 1. The molecule has 1 atom stereocenters. The molecule has 1 amide bonds. The van der Waals surface area contributed by atoms with Crippen molar-refractivity contribution in [2.45, 2.75) is 38.1 Å². The van der Waals surface area contributed by atoms with Gasteiger partial charge in [-0.1, -0.05) is 0 Å². The summed E-state index contributed by atoms with van der Waals surface area (Å²) in [5.41, 5.74) is 0. The molecule has 3 fully saturated rings. The third kappa shape index (κ3) is 4.41. The molecule has 21 heavy (non-hydrogen) atoms. The quantitative estimate of drug-likeness (QED) is 0.783. The fraction of sp³-hybridized carbons (Fsp3) is 0.938. The Balaban J connectivity index is 1.47. The van der Waals surface area contributed by atoms with E-state index in [9.17, 15) is 4.79 Å². The van der Waals surface area contributed by atoms with Crippen molar-refractivity contribution in [2.24, 2.45) is 5.92 Å². The summed E-state index contributed by atoms with van der Waals surface area (Å²) < 4.78 is 5.39. The summed E-state index contributed by atoms with van der Waals surface area (Å²) in [7, 11) is 0. The van der Waals surface area contributed by atoms with Gasteiger partial charge in [0, 0.05) is 44.7 Å². The van der Waals surface area contributed by atoms with E-state index in [2.05, 4.69) is 15.1 Å². The molecule has 0 radical (unpaired) electrons. The van der Waals surface area contributed by atoms with E-state index in [0.717, 1.165) is 71.7 Å². The number of carbonyl (C=O) groups excluding carboxylic acids is 1. The summed E-state index contributed by atoms with van der Waals surface area (Å²) in [5.74, 6) is 0.765. The van der Waals surface area contributed by atoms with Gasteiger partial charge in [0.1, 0.15) is 0 Å². The van der Waals surface area contributed by atoms with Gasteiger partial charge in [0.15, 0.2) is 0 Å². The van der Waals surface area contributed by atoms with Crippen LogP contribution in [0.1, 0.15) is 32.1 Å². The van der Waals surface area contributed by atoms with Crippen molar-refractivity contribution < 1.29 is 9.53 Å². The second kappa shape index (κ2) is 7.56. The number of nitrogens with one attached hydrogen (secondary N) is 1. The van der Waals surface area contributed by atoms with Crippen LogP contribution in [-0.2, 0) is 9.53 Å². The van der Waals surface area contributed by atoms with Crippen molar-refractivity contribution in [3.8, 4) is 0 Å². The fourth-order valence-corrected chi connectivity index (χ4v) is 3.43. The van der Waals surface area contributed by atoms with Crippen LogP contribution in [0.2, 0.25) is 0 Å². The zero-order chi connectivity index (χ0) is 14.5. The van der Waals surface area contributed by atoms with Crippen LogP contribution >= 0.6 is 0 Å². The Labute approximate surface area is 128 Å². The molecule has 5 heteroatoms. The Morgan fingerprint density at radius 1 is 1.24 bits per heavy atom. The van der Waals surface area contributed by atoms with Gasteiger partial charge in [-0.05, 0) is 38.6 Å². The Kier molecular flexibility index (Phi) is 5.49. The van der Waals surface area contributed by atoms with Crippen LogP contribution in [-0.4, -0.2) is 74.2 Å². The maximum Gasteiger partial charge on any atom is 0.225 e. The first-order chi connectivity index (χ1) is 10.3. The standard InChI is InChI=1S/C16H29N3O2/c20-16(14-4-5-14)19(15-3-1-6-17-13-15)8-2-7-18-9-11-21-12-10-18/h14-15,17H,1-13H2. The van der Waals surface area contributed by atoms with Gasteiger partial charge in [0.2, 0.25) is 5.91 Å². The molecule has 0 aromatic rings. The van der Waals surface area contributed by atoms with Crippen molar-refractivity contribution in [3.63, 3.8) is 0 Å². The predicted molar refractivity (Wildman–Crippen MR) is 82.2 cm³/mol. The van der Waals surface area contributed by atoms with Gasteiger partial charge >= 0.3 is 0 Å². The highest BCUT2D eigenvalue weighted by Gasteiger charge is 2.36. The van der Waals surface area contributed by atoms with Gasteiger partial charge in [-0.15, -0.1) is 0 Å². The normalized spacial score (nSPS) is 27.5. The molecule has 2 saturated heterocycles. The monoisotopic (exact) mass is 295 g/mol. The van der Waals surface area contributed by atoms with Crippen LogP contribution in [0.15, 0.2) is 0 Å². The van der Waals surface area contributed by atoms with Gasteiger partial charge < -0.3 is 15.0 Å². The minimum atomic E-state index is 0.343. The molecule has 3 aliphatic rings. The van der Waals surface area contributed by atoms with Gasteiger partial charge in [-0.2, -0.15) is 0 Å². The highest BCUT2D eigenvalue weighted by atomic mass is 16.5. The summed E-state index contributed by atoms with van der Waals surface area (Å²) in [6.07, 6.45) is 5.68. The van der Waals surface area contributed by atoms with Crippen molar-refractivity contribution in [2.75, 3.05) is 52.5 Å². The Bertz CT molecular complexity index is 334. The van der Waals surface area contributed by atoms with Crippen LogP contribution in [0.4, 0.5) is 0 Å². The van der Waals surface area contributed by atoms with Crippen LogP contribution in [0, 0.1) is 5.92 Å². The van der Waals surface area contributed by atoms with Crippen LogP contribution in [0.3, 0.4) is 0 Å². The lowest BCUT2D eigenvalue weighted by atomic mass is 10.0. The van der Waals surface area contributed by atoms with E-state index in [1.807, 2.05) is 0 Å². The summed E-state index contributed by atoms with van der Waals surface area (Å²) in [5, 5.41) is 3.45. The molecule has 1 N–H and O–H groups in total. The molecular formula is C16H29N3O2. The molecule has 120 valence electrons. The van der Waals surface area contributed by atoms with Gasteiger partial charge in [-0.3, -0.25) is 9.69 Å². The molecule has 2 aliphatic heterocycles. The van der Waals surface area contributed by atoms with E-state index < -0.39 is 0 Å². The molecule has 0 aromatic carbocycles. The largest absolute Gasteiger partial charge is 0.379 e. The maximum atomic E-state index is 12.6. The average molecular weight is 295 g/mol. The lowest BCUT2D eigenvalue weighted by Gasteiger charge is -2.36. The SMILES string of the molecule is O=C(C1CC1)N(CCCN1CCOCC1)C1CCCNC1. The third-order valence-electron chi connectivity index (χ3n) is 4.90. The molecule has 1 unspecified atom stereocenters. The third-order valence-corrected chi connectivity index (χ3v) is 4.90. The first-order valence-corrected chi connectivity index (χ1v) is 8.66. The lowest BCUT2D eigenvalue weighted by Crippen LogP contribution is -2.50. The van der Waals surface area contributed by atoms with E-state index in [1.54, 1.807) is 0 Å². The van der Waals surface area contributed by atoms with Crippen LogP contribution in [0.25, 0.3) is 0 Å². The molecule has 2 heterocycles. The molecule has 0 spiro atoms. The fourth-order valence-electron chi connectivity index (χ4n) is 3.43. The first kappa shape index (κ1) is 15.3. The molecule has 1 aliphatic carbocycles. The van der Waals surface area contributed by atoms with Crippen LogP contribution in [0.5, 0.6) is 0 Å². The number of nitrogens with zero attached hydrogens (tertiary/aromatic N) is 2. The van der Waals surface area contributed by atoms with E-state index in [4.69, 9.17) is 4.74 Å². The molecule has 0 aromatic heterocycles. The van der Waals surface area contributed by atoms with E-state index >= 15 is 0 Å². The van der Waals surface area contributed by atoms with E-state index in [0.29, 0.717) is 17.9 Å². The molecule has 0 bridgehead atoms. The number of morpholine rings is 1. The Hall–Kier alpha value is -0.650. The average Bonchev–Trinajstić information content (AvgIpc) is 3.38. The first-order valence-electron chi connectivity index (χ1n) is 8.66. The molecule has 1 saturated carbocycles. The number of hydrogen-bond donors (Lipinski definition) is 1. The molecular weight excluding hydrogens is 266 g/mol. The summed E-state index contributed by atoms with van der Waals surface area (Å²) >= 11 is 0. The summed E-state index contributed by atoms with van der Waals surface area (Å²) in [6, 6.07) is 0.427. The molecule has 3 rings (SSSR count). The van der Waals surface area contributed by atoms with Crippen molar-refractivity contribution in [1.82, 2.24) is 15.1 Å². The van der Waals surface area contributed by atoms with Crippen molar-refractivity contribution in [1.29, 1.82) is 0 Å². The second-order valence-corrected chi connectivity index (χ2v) is 6.61. The van der Waals surface area contributed by atoms with Gasteiger partial charge in [0.25, 0.3) is 0 Å². The van der Waals surface area contributed by atoms with Gasteiger partial charge in [0.05, 0.1) is 13.2 Å². The summed E-state index contributed by atoms with van der Waals surface area (Å²) in [6.45, 7) is 7.92. The molecule has 5 nitrogen and oxygen atoms in total. The number of carbonyl (C=O) groups is 1. The Morgan fingerprint density at radius 3 is 2.71 bits per heavy atom. The van der Waals surface area contributed by atoms with Crippen molar-refractivity contribution >= 4 is 5.91 Å². The smallest absolute Gasteiger partial charge is 0.225 e. The topological polar surface area (TPSA) is 44.8 Å². The number of hydrogen-bond acceptors (Lipinski definition) is 4. The predicted octanol–water partition coefficient (Wildman–Crippen LogP) is 0.699. The van der Waals surface area contributed by atoms with E-state index in [1.165, 1.54) is 12.8 Å². The van der Waals surface area contributed by atoms with Gasteiger partial charge in [-0.25, -0.2) is 0 Å². The minimum absolute atomic E-state index is 0.343. The van der Waals surface area contributed by atoms with E-state index in [-0.39, 0.29) is 0 Å². The maximum absolute atomic E-state index is 12.6. The number of ether oxygens (including phenoxy) is 1. The number of amides is 1. The van der Waals surface area contributed by atoms with Crippen molar-refractivity contribution in [3.05, 3.63) is 0 Å². The minimum Gasteiger partial charge on any atom is -0.379 e. The zero-order valence-electron chi connectivity index (χ0n) is 13.1.